The summed E-state index contributed by atoms with van der Waals surface area (Å²) in [4.78, 5) is 13.0. The summed E-state index contributed by atoms with van der Waals surface area (Å²) in [6.45, 7) is 7.03. The number of carbonyl (C=O) groups is 1. The third kappa shape index (κ3) is 4.53. The average molecular weight is 419 g/mol. The van der Waals surface area contributed by atoms with E-state index in [1.807, 2.05) is 0 Å². The molecule has 2 N–H and O–H groups in total. The molecule has 3 rings (SSSR count). The Balaban J connectivity index is 1.68. The Labute approximate surface area is 172 Å². The summed E-state index contributed by atoms with van der Waals surface area (Å²) in [7, 11) is -0.460. The van der Waals surface area contributed by atoms with Crippen molar-refractivity contribution >= 4 is 15.9 Å². The molecular weight excluding hydrogens is 388 g/mol. The molecule has 1 aromatic heterocycles. The maximum Gasteiger partial charge on any atom is 0.272 e. The second kappa shape index (κ2) is 7.91. The summed E-state index contributed by atoms with van der Waals surface area (Å²) in [6, 6.07) is 6.54. The lowest BCUT2D eigenvalue weighted by Gasteiger charge is -2.33. The van der Waals surface area contributed by atoms with Gasteiger partial charge in [0.2, 0.25) is 10.0 Å². The second-order valence-electron chi connectivity index (χ2n) is 8.95. The zero-order chi connectivity index (χ0) is 21.4. The van der Waals surface area contributed by atoms with Crippen molar-refractivity contribution < 1.29 is 13.2 Å². The van der Waals surface area contributed by atoms with Crippen LogP contribution < -0.4 is 5.32 Å². The average Bonchev–Trinajstić information content (AvgIpc) is 3.09. The van der Waals surface area contributed by atoms with Crippen molar-refractivity contribution in [2.45, 2.75) is 51.5 Å². The first-order valence-electron chi connectivity index (χ1n) is 9.86. The normalized spacial score (nSPS) is 17.2. The Hall–Kier alpha value is -2.19. The van der Waals surface area contributed by atoms with Crippen LogP contribution in [0.25, 0.3) is 0 Å². The van der Waals surface area contributed by atoms with Crippen molar-refractivity contribution in [1.82, 2.24) is 19.8 Å². The van der Waals surface area contributed by atoms with Crippen LogP contribution >= 0.6 is 0 Å². The molecule has 1 atom stereocenters. The number of rotatable bonds is 5. The molecule has 8 heteroatoms. The van der Waals surface area contributed by atoms with Crippen LogP contribution in [0.2, 0.25) is 0 Å². The van der Waals surface area contributed by atoms with E-state index in [1.165, 1.54) is 18.4 Å². The molecule has 158 valence electrons. The number of nitrogens with one attached hydrogen (secondary N) is 2. The van der Waals surface area contributed by atoms with Crippen molar-refractivity contribution in [3.63, 3.8) is 0 Å². The van der Waals surface area contributed by atoms with Gasteiger partial charge < -0.3 is 5.32 Å². The summed E-state index contributed by atoms with van der Waals surface area (Å²) in [6.07, 6.45) is 2.87. The van der Waals surface area contributed by atoms with Gasteiger partial charge >= 0.3 is 0 Å². The molecule has 7 nitrogen and oxygen atoms in total. The summed E-state index contributed by atoms with van der Waals surface area (Å²) in [5, 5.41) is 10.2. The topological polar surface area (TPSA) is 95.2 Å². The number of hydrogen-bond acceptors (Lipinski definition) is 4. The summed E-state index contributed by atoms with van der Waals surface area (Å²) in [5.74, 6) is 0.312. The molecule has 0 unspecified atom stereocenters. The first kappa shape index (κ1) is 21.5. The Bertz CT molecular complexity index is 986. The fourth-order valence-corrected chi connectivity index (χ4v) is 4.58. The highest BCUT2D eigenvalue weighted by molar-refractivity contribution is 7.89. The van der Waals surface area contributed by atoms with Crippen LogP contribution in [0.4, 0.5) is 0 Å². The number of aryl methyl sites for hydroxylation is 1. The van der Waals surface area contributed by atoms with Gasteiger partial charge in [-0.1, -0.05) is 32.9 Å². The molecule has 0 aliphatic heterocycles. The van der Waals surface area contributed by atoms with E-state index >= 15 is 0 Å². The highest BCUT2D eigenvalue weighted by Gasteiger charge is 2.32. The van der Waals surface area contributed by atoms with Gasteiger partial charge in [0.05, 0.1) is 4.90 Å². The van der Waals surface area contributed by atoms with Crippen LogP contribution in [-0.4, -0.2) is 42.9 Å². The third-order valence-electron chi connectivity index (χ3n) is 5.74. The molecule has 0 spiro atoms. The Morgan fingerprint density at radius 3 is 2.48 bits per heavy atom. The Kier molecular flexibility index (Phi) is 5.87. The van der Waals surface area contributed by atoms with Crippen LogP contribution in [0.1, 0.15) is 54.5 Å². The Morgan fingerprint density at radius 1 is 1.24 bits per heavy atom. The van der Waals surface area contributed by atoms with Crippen molar-refractivity contribution in [3.05, 3.63) is 46.8 Å². The van der Waals surface area contributed by atoms with Crippen LogP contribution in [0.5, 0.6) is 0 Å². The standard InChI is InChI=1S/C21H30N4O3S/c1-21(2,3)15-8-11-18-17(12-15)19(24-23-18)20(26)22-13-14-6-9-16(10-7-14)29(27,28)25(4)5/h6-7,9-10,15H,8,11-13H2,1-5H3,(H,22,26)(H,23,24)/t15-/m0/s1. The van der Waals surface area contributed by atoms with Crippen molar-refractivity contribution in [2.75, 3.05) is 14.1 Å². The number of aromatic nitrogens is 2. The van der Waals surface area contributed by atoms with Crippen LogP contribution in [0, 0.1) is 11.3 Å². The molecule has 29 heavy (non-hydrogen) atoms. The van der Waals surface area contributed by atoms with E-state index in [-0.39, 0.29) is 16.2 Å². The van der Waals surface area contributed by atoms with Crippen molar-refractivity contribution in [1.29, 1.82) is 0 Å². The highest BCUT2D eigenvalue weighted by Crippen LogP contribution is 2.37. The maximum absolute atomic E-state index is 12.7. The molecule has 0 radical (unpaired) electrons. The number of H-pyrrole nitrogens is 1. The second-order valence-corrected chi connectivity index (χ2v) is 11.1. The summed E-state index contributed by atoms with van der Waals surface area (Å²) in [5.41, 5.74) is 3.58. The summed E-state index contributed by atoms with van der Waals surface area (Å²) < 4.78 is 25.5. The van der Waals surface area contributed by atoms with E-state index < -0.39 is 10.0 Å². The zero-order valence-corrected chi connectivity index (χ0v) is 18.6. The number of amides is 1. The molecule has 1 heterocycles. The number of sulfonamides is 1. The first-order chi connectivity index (χ1) is 13.5. The lowest BCUT2D eigenvalue weighted by atomic mass is 9.71. The molecule has 0 bridgehead atoms. The van der Waals surface area contributed by atoms with Crippen molar-refractivity contribution in [2.24, 2.45) is 11.3 Å². The van der Waals surface area contributed by atoms with E-state index in [0.29, 0.717) is 18.2 Å². The van der Waals surface area contributed by atoms with Crippen LogP contribution in [0.15, 0.2) is 29.2 Å². The van der Waals surface area contributed by atoms with Gasteiger partial charge in [-0.05, 0) is 48.3 Å². The minimum atomic E-state index is -3.46. The number of hydrogen-bond donors (Lipinski definition) is 2. The highest BCUT2D eigenvalue weighted by atomic mass is 32.2. The predicted octanol–water partition coefficient (Wildman–Crippen LogP) is 2.74. The number of benzene rings is 1. The van der Waals surface area contributed by atoms with Gasteiger partial charge in [-0.3, -0.25) is 9.89 Å². The largest absolute Gasteiger partial charge is 0.347 e. The van der Waals surface area contributed by atoms with E-state index in [0.717, 1.165) is 36.1 Å². The Morgan fingerprint density at radius 2 is 1.90 bits per heavy atom. The lowest BCUT2D eigenvalue weighted by Crippen LogP contribution is -2.29. The fourth-order valence-electron chi connectivity index (χ4n) is 3.68. The molecule has 0 fully saturated rings. The number of fused-ring (bicyclic) bond motifs is 1. The summed E-state index contributed by atoms with van der Waals surface area (Å²) >= 11 is 0. The third-order valence-corrected chi connectivity index (χ3v) is 7.57. The fraction of sp³-hybridized carbons (Fsp3) is 0.524. The van der Waals surface area contributed by atoms with Gasteiger partial charge in [0.1, 0.15) is 0 Å². The monoisotopic (exact) mass is 418 g/mol. The maximum atomic E-state index is 12.7. The van der Waals surface area contributed by atoms with Gasteiger partial charge in [-0.15, -0.1) is 0 Å². The van der Waals surface area contributed by atoms with Crippen molar-refractivity contribution in [3.8, 4) is 0 Å². The molecule has 0 saturated carbocycles. The number of nitrogens with zero attached hydrogens (tertiary/aromatic N) is 2. The quantitative estimate of drug-likeness (QED) is 0.780. The van der Waals surface area contributed by atoms with E-state index in [1.54, 1.807) is 24.3 Å². The molecule has 2 aromatic rings. The smallest absolute Gasteiger partial charge is 0.272 e. The molecule has 1 aromatic carbocycles. The molecule has 0 saturated heterocycles. The molecule has 1 aliphatic rings. The van der Waals surface area contributed by atoms with E-state index in [2.05, 4.69) is 36.3 Å². The first-order valence-corrected chi connectivity index (χ1v) is 11.3. The van der Waals surface area contributed by atoms with Gasteiger partial charge in [-0.2, -0.15) is 5.10 Å². The zero-order valence-electron chi connectivity index (χ0n) is 17.7. The number of aromatic amines is 1. The van der Waals surface area contributed by atoms with Gasteiger partial charge in [0, 0.05) is 31.9 Å². The molecular formula is C21H30N4O3S. The lowest BCUT2D eigenvalue weighted by molar-refractivity contribution is 0.0943. The molecule has 1 amide bonds. The van der Waals surface area contributed by atoms with Gasteiger partial charge in [0.25, 0.3) is 5.91 Å². The molecule has 1 aliphatic carbocycles. The minimum Gasteiger partial charge on any atom is -0.347 e. The van der Waals surface area contributed by atoms with Gasteiger partial charge in [0.15, 0.2) is 5.69 Å². The van der Waals surface area contributed by atoms with Gasteiger partial charge in [-0.25, -0.2) is 12.7 Å². The van der Waals surface area contributed by atoms with Crippen LogP contribution in [0.3, 0.4) is 0 Å². The van der Waals surface area contributed by atoms with E-state index in [9.17, 15) is 13.2 Å². The SMILES string of the molecule is CN(C)S(=O)(=O)c1ccc(CNC(=O)c2n[nH]c3c2C[C@@H](C(C)(C)C)CC3)cc1. The van der Waals surface area contributed by atoms with E-state index in [4.69, 9.17) is 0 Å². The number of carbonyl (C=O) groups excluding carboxylic acids is 1. The predicted molar refractivity (Wildman–Crippen MR) is 112 cm³/mol. The van der Waals surface area contributed by atoms with Crippen LogP contribution in [-0.2, 0) is 29.4 Å². The minimum absolute atomic E-state index is 0.192.